The topological polar surface area (TPSA) is 43.2 Å². The number of piperazine rings is 1. The molecule has 0 radical (unpaired) electrons. The van der Waals surface area contributed by atoms with Crippen molar-refractivity contribution < 1.29 is 0 Å². The lowest BCUT2D eigenvalue weighted by Gasteiger charge is -2.34. The molecule has 0 bridgehead atoms. The van der Waals surface area contributed by atoms with Crippen molar-refractivity contribution in [1.29, 1.82) is 5.26 Å². The minimum atomic E-state index is 0.740. The summed E-state index contributed by atoms with van der Waals surface area (Å²) >= 11 is 1.73. The highest BCUT2D eigenvalue weighted by Crippen LogP contribution is 2.21. The van der Waals surface area contributed by atoms with Crippen LogP contribution in [0.3, 0.4) is 0 Å². The molecule has 0 N–H and O–H groups in total. The molecule has 1 fully saturated rings. The number of hydrogen-bond acceptors (Lipinski definition) is 5. The van der Waals surface area contributed by atoms with E-state index in [0.717, 1.165) is 49.1 Å². The highest BCUT2D eigenvalue weighted by atomic mass is 32.1. The van der Waals surface area contributed by atoms with E-state index in [0.29, 0.717) is 0 Å². The Balaban J connectivity index is 1.57. The number of hydrogen-bond donors (Lipinski definition) is 0. The van der Waals surface area contributed by atoms with Gasteiger partial charge in [-0.15, -0.1) is 11.3 Å². The Kier molecular flexibility index (Phi) is 4.18. The molecule has 21 heavy (non-hydrogen) atoms. The van der Waals surface area contributed by atoms with Crippen LogP contribution in [0.2, 0.25) is 0 Å². The normalized spacial score (nSPS) is 15.9. The van der Waals surface area contributed by atoms with Gasteiger partial charge in [-0.3, -0.25) is 4.90 Å². The lowest BCUT2D eigenvalue weighted by molar-refractivity contribution is 0.250. The Morgan fingerprint density at radius 1 is 1.29 bits per heavy atom. The minimum Gasteiger partial charge on any atom is -0.346 e. The summed E-state index contributed by atoms with van der Waals surface area (Å²) in [4.78, 5) is 9.35. The lowest BCUT2D eigenvalue weighted by atomic mass is 10.1. The molecular weight excluding hydrogens is 280 g/mol. The van der Waals surface area contributed by atoms with Crippen molar-refractivity contribution in [3.05, 3.63) is 46.5 Å². The predicted octanol–water partition coefficient (Wildman–Crippen LogP) is 2.65. The summed E-state index contributed by atoms with van der Waals surface area (Å²) in [5.41, 5.74) is 3.06. The van der Waals surface area contributed by atoms with E-state index in [4.69, 9.17) is 5.26 Å². The molecular formula is C16H18N4S. The van der Waals surface area contributed by atoms with Crippen LogP contribution in [0.1, 0.15) is 16.8 Å². The molecule has 0 saturated carbocycles. The first-order valence-electron chi connectivity index (χ1n) is 7.13. The van der Waals surface area contributed by atoms with Crippen LogP contribution in [0, 0.1) is 18.3 Å². The SMILES string of the molecule is Cc1csc(N2CCN(Cc3cccc(C#N)c3)CC2)n1. The van der Waals surface area contributed by atoms with E-state index < -0.39 is 0 Å². The van der Waals surface area contributed by atoms with Gasteiger partial charge in [0, 0.05) is 38.1 Å². The summed E-state index contributed by atoms with van der Waals surface area (Å²) in [6, 6.07) is 10.1. The molecule has 1 aromatic heterocycles. The van der Waals surface area contributed by atoms with Crippen LogP contribution in [0.15, 0.2) is 29.6 Å². The van der Waals surface area contributed by atoms with E-state index in [1.165, 1.54) is 5.56 Å². The van der Waals surface area contributed by atoms with Crippen molar-refractivity contribution in [3.63, 3.8) is 0 Å². The van der Waals surface area contributed by atoms with E-state index in [1.807, 2.05) is 25.1 Å². The quantitative estimate of drug-likeness (QED) is 0.874. The van der Waals surface area contributed by atoms with Crippen LogP contribution in [0.25, 0.3) is 0 Å². The molecule has 5 heteroatoms. The Labute approximate surface area is 129 Å². The lowest BCUT2D eigenvalue weighted by Crippen LogP contribution is -2.45. The van der Waals surface area contributed by atoms with Gasteiger partial charge in [-0.25, -0.2) is 4.98 Å². The second-order valence-corrected chi connectivity index (χ2v) is 6.18. The molecule has 4 nitrogen and oxygen atoms in total. The first-order chi connectivity index (χ1) is 10.2. The summed E-state index contributed by atoms with van der Waals surface area (Å²) in [6.45, 7) is 7.07. The zero-order chi connectivity index (χ0) is 14.7. The first kappa shape index (κ1) is 14.1. The second kappa shape index (κ2) is 6.25. The van der Waals surface area contributed by atoms with Gasteiger partial charge in [-0.05, 0) is 24.6 Å². The summed E-state index contributed by atoms with van der Waals surface area (Å²) in [7, 11) is 0. The molecule has 108 valence electrons. The predicted molar refractivity (Wildman–Crippen MR) is 85.5 cm³/mol. The molecule has 1 aromatic carbocycles. The average molecular weight is 298 g/mol. The summed E-state index contributed by atoms with van der Waals surface area (Å²) in [5, 5.41) is 12.2. The molecule has 1 saturated heterocycles. The molecule has 0 aliphatic carbocycles. The van der Waals surface area contributed by atoms with Gasteiger partial charge in [0.1, 0.15) is 0 Å². The highest BCUT2D eigenvalue weighted by molar-refractivity contribution is 7.13. The van der Waals surface area contributed by atoms with Gasteiger partial charge in [0.05, 0.1) is 17.3 Å². The van der Waals surface area contributed by atoms with Gasteiger partial charge in [0.15, 0.2) is 5.13 Å². The number of nitriles is 1. The maximum absolute atomic E-state index is 8.95. The number of aryl methyl sites for hydroxylation is 1. The maximum atomic E-state index is 8.95. The number of nitrogens with zero attached hydrogens (tertiary/aromatic N) is 4. The molecule has 3 rings (SSSR count). The monoisotopic (exact) mass is 298 g/mol. The zero-order valence-corrected chi connectivity index (χ0v) is 12.9. The van der Waals surface area contributed by atoms with Crippen LogP contribution < -0.4 is 4.90 Å². The van der Waals surface area contributed by atoms with E-state index in [9.17, 15) is 0 Å². The maximum Gasteiger partial charge on any atom is 0.185 e. The van der Waals surface area contributed by atoms with Crippen LogP contribution in [-0.2, 0) is 6.54 Å². The molecule has 0 unspecified atom stereocenters. The number of thiazole rings is 1. The Hall–Kier alpha value is -1.90. The molecule has 0 amide bonds. The fraction of sp³-hybridized carbons (Fsp3) is 0.375. The number of aromatic nitrogens is 1. The van der Waals surface area contributed by atoms with E-state index in [1.54, 1.807) is 11.3 Å². The van der Waals surface area contributed by atoms with E-state index >= 15 is 0 Å². The molecule has 1 aliphatic rings. The van der Waals surface area contributed by atoms with Gasteiger partial charge in [0.25, 0.3) is 0 Å². The standard InChI is InChI=1S/C16H18N4S/c1-13-12-21-16(18-13)20-7-5-19(6-8-20)11-15-4-2-3-14(9-15)10-17/h2-4,9,12H,5-8,11H2,1H3. The number of anilines is 1. The fourth-order valence-electron chi connectivity index (χ4n) is 2.58. The molecule has 2 heterocycles. The highest BCUT2D eigenvalue weighted by Gasteiger charge is 2.19. The molecule has 1 aliphatic heterocycles. The first-order valence-corrected chi connectivity index (χ1v) is 8.01. The van der Waals surface area contributed by atoms with Gasteiger partial charge in [-0.2, -0.15) is 5.26 Å². The van der Waals surface area contributed by atoms with Crippen molar-refractivity contribution in [2.45, 2.75) is 13.5 Å². The molecule has 2 aromatic rings. The van der Waals surface area contributed by atoms with Crippen LogP contribution in [0.5, 0.6) is 0 Å². The molecule has 0 spiro atoms. The summed E-state index contributed by atoms with van der Waals surface area (Å²) in [5.74, 6) is 0. The zero-order valence-electron chi connectivity index (χ0n) is 12.1. The fourth-order valence-corrected chi connectivity index (χ4v) is 3.44. The summed E-state index contributed by atoms with van der Waals surface area (Å²) < 4.78 is 0. The summed E-state index contributed by atoms with van der Waals surface area (Å²) in [6.07, 6.45) is 0. The minimum absolute atomic E-state index is 0.740. The van der Waals surface area contributed by atoms with Crippen molar-refractivity contribution in [2.24, 2.45) is 0 Å². The van der Waals surface area contributed by atoms with Crippen LogP contribution >= 0.6 is 11.3 Å². The second-order valence-electron chi connectivity index (χ2n) is 5.35. The van der Waals surface area contributed by atoms with Crippen LogP contribution in [-0.4, -0.2) is 36.1 Å². The van der Waals surface area contributed by atoms with Crippen molar-refractivity contribution in [2.75, 3.05) is 31.1 Å². The van der Waals surface area contributed by atoms with Gasteiger partial charge < -0.3 is 4.90 Å². The largest absolute Gasteiger partial charge is 0.346 e. The smallest absolute Gasteiger partial charge is 0.185 e. The Bertz CT molecular complexity index is 650. The van der Waals surface area contributed by atoms with Crippen molar-refractivity contribution in [3.8, 4) is 6.07 Å². The van der Waals surface area contributed by atoms with Gasteiger partial charge >= 0.3 is 0 Å². The Morgan fingerprint density at radius 2 is 2.10 bits per heavy atom. The van der Waals surface area contributed by atoms with E-state index in [2.05, 4.69) is 32.3 Å². The average Bonchev–Trinajstić information content (AvgIpc) is 2.95. The Morgan fingerprint density at radius 3 is 2.76 bits per heavy atom. The van der Waals surface area contributed by atoms with Crippen LogP contribution in [0.4, 0.5) is 5.13 Å². The molecule has 0 atom stereocenters. The van der Waals surface area contributed by atoms with Crippen molar-refractivity contribution >= 4 is 16.5 Å². The van der Waals surface area contributed by atoms with Crippen molar-refractivity contribution in [1.82, 2.24) is 9.88 Å². The third-order valence-electron chi connectivity index (χ3n) is 3.71. The van der Waals surface area contributed by atoms with E-state index in [-0.39, 0.29) is 0 Å². The number of rotatable bonds is 3. The third-order valence-corrected chi connectivity index (χ3v) is 4.73. The van der Waals surface area contributed by atoms with Gasteiger partial charge in [0.2, 0.25) is 0 Å². The third kappa shape index (κ3) is 3.41. The van der Waals surface area contributed by atoms with Gasteiger partial charge in [-0.1, -0.05) is 12.1 Å². The number of benzene rings is 1.